The van der Waals surface area contributed by atoms with Gasteiger partial charge in [0.2, 0.25) is 11.2 Å². The van der Waals surface area contributed by atoms with Crippen LogP contribution >= 0.6 is 22.7 Å². The number of fused-ring (bicyclic) bond motifs is 4. The predicted molar refractivity (Wildman–Crippen MR) is 251 cm³/mol. The van der Waals surface area contributed by atoms with Gasteiger partial charge in [-0.1, -0.05) is 38.1 Å². The maximum absolute atomic E-state index is 13.6. The third kappa shape index (κ3) is 9.32. The Kier molecular flexibility index (Phi) is 13.2. The van der Waals surface area contributed by atoms with Crippen LogP contribution in [0, 0.1) is 6.92 Å². The summed E-state index contributed by atoms with van der Waals surface area (Å²) in [7, 11) is -0.0747. The molecule has 1 aliphatic carbocycles. The number of aryl methyl sites for hydroxylation is 2. The van der Waals surface area contributed by atoms with Gasteiger partial charge in [0.1, 0.15) is 17.4 Å². The Morgan fingerprint density at radius 1 is 1.08 bits per heavy atom. The van der Waals surface area contributed by atoms with Crippen LogP contribution in [0.3, 0.4) is 0 Å². The van der Waals surface area contributed by atoms with Crippen LogP contribution < -0.4 is 10.9 Å². The number of thiophene rings is 2. The lowest BCUT2D eigenvalue weighted by Crippen LogP contribution is -2.43. The number of rotatable bonds is 16. The number of aromatic amines is 1. The number of hydrogen-bond acceptors (Lipinski definition) is 13. The van der Waals surface area contributed by atoms with Crippen LogP contribution in [0.4, 0.5) is 0 Å². The van der Waals surface area contributed by atoms with Crippen molar-refractivity contribution in [2.45, 2.75) is 128 Å². The van der Waals surface area contributed by atoms with E-state index in [4.69, 9.17) is 13.9 Å². The minimum atomic E-state index is -2.24. The fraction of sp³-hybridized carbons (Fsp3) is 0.489. The molecule has 1 aliphatic heterocycles. The number of aromatic hydroxyl groups is 1. The molecule has 1 saturated carbocycles. The number of pyridine rings is 1. The highest BCUT2D eigenvalue weighted by molar-refractivity contribution is 7.13. The number of hydrogen-bond donors (Lipinski definition) is 4. The first-order chi connectivity index (χ1) is 30.0. The van der Waals surface area contributed by atoms with Crippen molar-refractivity contribution in [1.29, 1.82) is 0 Å². The van der Waals surface area contributed by atoms with E-state index in [0.29, 0.717) is 47.6 Å². The van der Waals surface area contributed by atoms with Crippen molar-refractivity contribution in [2.24, 2.45) is 0 Å². The molecule has 0 amide bonds. The predicted octanol–water partition coefficient (Wildman–Crippen LogP) is 8.41. The second-order valence-electron chi connectivity index (χ2n) is 18.7. The van der Waals surface area contributed by atoms with E-state index in [9.17, 15) is 19.8 Å². The number of phenolic OH excluding ortho intramolecular Hbond substituents is 1. The topological polar surface area (TPSA) is 164 Å². The first-order valence-electron chi connectivity index (χ1n) is 22.0. The zero-order valence-electron chi connectivity index (χ0n) is 37.3. The molecule has 8 rings (SSSR count). The quantitative estimate of drug-likeness (QED) is 0.0545. The van der Waals surface area contributed by atoms with Gasteiger partial charge in [-0.2, -0.15) is 0 Å². The van der Waals surface area contributed by atoms with Crippen molar-refractivity contribution in [3.05, 3.63) is 107 Å². The number of aromatic nitrogens is 4. The van der Waals surface area contributed by atoms with E-state index in [1.807, 2.05) is 41.3 Å². The molecular formula is C47H60N6O7S2Si. The summed E-state index contributed by atoms with van der Waals surface area (Å²) in [5.41, 5.74) is 4.55. The third-order valence-electron chi connectivity index (χ3n) is 13.4. The van der Waals surface area contributed by atoms with Gasteiger partial charge in [-0.3, -0.25) is 4.79 Å². The van der Waals surface area contributed by atoms with Gasteiger partial charge >= 0.3 is 5.97 Å². The Labute approximate surface area is 377 Å². The molecule has 1 unspecified atom stereocenters. The van der Waals surface area contributed by atoms with Crippen molar-refractivity contribution >= 4 is 58.9 Å². The van der Waals surface area contributed by atoms with Crippen molar-refractivity contribution in [3.8, 4) is 5.75 Å². The fourth-order valence-electron chi connectivity index (χ4n) is 8.78. The summed E-state index contributed by atoms with van der Waals surface area (Å²) >= 11 is 2.78. The van der Waals surface area contributed by atoms with Crippen LogP contribution in [-0.4, -0.2) is 81.7 Å². The number of aliphatic hydroxyl groups is 1. The summed E-state index contributed by atoms with van der Waals surface area (Å²) in [6.07, 6.45) is 3.66. The highest BCUT2D eigenvalue weighted by Gasteiger charge is 2.45. The molecule has 1 fully saturated rings. The van der Waals surface area contributed by atoms with E-state index >= 15 is 0 Å². The number of ether oxygens (including phenoxy) is 2. The average molecular weight is 913 g/mol. The van der Waals surface area contributed by atoms with E-state index in [-0.39, 0.29) is 28.6 Å². The second-order valence-corrected chi connectivity index (χ2v) is 25.7. The lowest BCUT2D eigenvalue weighted by molar-refractivity contribution is -0.169. The largest absolute Gasteiger partial charge is 0.506 e. The molecule has 2 aliphatic rings. The van der Waals surface area contributed by atoms with Gasteiger partial charge < -0.3 is 39.3 Å². The number of benzene rings is 2. The number of nitrogens with one attached hydrogen (secondary N) is 2. The van der Waals surface area contributed by atoms with Gasteiger partial charge in [0.25, 0.3) is 0 Å². The molecule has 0 saturated heterocycles. The van der Waals surface area contributed by atoms with Gasteiger partial charge in [0, 0.05) is 47.6 Å². The molecule has 0 radical (unpaired) electrons. The monoisotopic (exact) mass is 912 g/mol. The Balaban J connectivity index is 0.885. The van der Waals surface area contributed by atoms with Crippen LogP contribution in [0.2, 0.25) is 18.1 Å². The Bertz CT molecular complexity index is 2630. The normalized spacial score (nSPS) is 18.6. The molecule has 13 nitrogen and oxygen atoms in total. The molecule has 4 N–H and O–H groups in total. The lowest BCUT2D eigenvalue weighted by Gasteiger charge is -2.39. The van der Waals surface area contributed by atoms with Crippen LogP contribution in [-0.2, 0) is 50.6 Å². The summed E-state index contributed by atoms with van der Waals surface area (Å²) < 4.78 is 21.2. The summed E-state index contributed by atoms with van der Waals surface area (Å²) in [5.74, 6) is -0.566. The zero-order valence-corrected chi connectivity index (χ0v) is 40.0. The number of carbonyl (C=O) groups is 1. The summed E-state index contributed by atoms with van der Waals surface area (Å²) in [5, 5.41) is 37.9. The van der Waals surface area contributed by atoms with E-state index in [1.54, 1.807) is 18.2 Å². The van der Waals surface area contributed by atoms with Gasteiger partial charge in [-0.15, -0.1) is 27.8 Å². The smallest absolute Gasteiger partial charge is 0.349 e. The van der Waals surface area contributed by atoms with E-state index in [2.05, 4.69) is 72.5 Å². The van der Waals surface area contributed by atoms with Crippen molar-refractivity contribution in [2.75, 3.05) is 20.1 Å². The summed E-state index contributed by atoms with van der Waals surface area (Å²) in [6, 6.07) is 16.7. The lowest BCUT2D eigenvalue weighted by atomic mass is 9.91. The summed E-state index contributed by atoms with van der Waals surface area (Å²) in [6.45, 7) is 16.8. The second kappa shape index (κ2) is 18.3. The number of phenols is 1. The van der Waals surface area contributed by atoms with E-state index in [1.165, 1.54) is 34.3 Å². The number of esters is 1. The Morgan fingerprint density at radius 2 is 1.86 bits per heavy atom. The molecule has 5 heterocycles. The standard InChI is InChI=1S/C47H60N6O7S2Si/c1-29-11-19-41(62-29)47(57,40-10-8-23-61-40)45(56)59-32-14-12-31(13-15-32)52(5)21-9-22-53-44-36-28-58-27-35(36)30(24-37(44)50-51-53)25-48-26-39(60-63(6,7)46(2,3)4)33-16-18-38(54)43-34(33)17-20-42(55)49-43/h8,10-11,16-20,23-24,31-32,39,48,54,57H,9,12-15,21-22,25-28H2,1-7H3,(H,49,55)/t31-,32-,39?,47-/m0/s1. The van der Waals surface area contributed by atoms with Gasteiger partial charge in [0.15, 0.2) is 8.32 Å². The van der Waals surface area contributed by atoms with Gasteiger partial charge in [0.05, 0.1) is 40.1 Å². The minimum absolute atomic E-state index is 0.0275. The SMILES string of the molecule is Cc1ccc([C@](O)(C(=O)O[C@H]2CC[C@H](N(C)CCCn3nnc4cc(CNCC(O[Si](C)(C)C(C)(C)C)c5ccc(O)c6[nH]c(=O)ccc56)c5c(c43)COC5)CC2)c2cccs2)s1. The molecule has 63 heavy (non-hydrogen) atoms. The molecule has 16 heteroatoms. The first-order valence-corrected chi connectivity index (χ1v) is 26.6. The maximum atomic E-state index is 13.6. The highest BCUT2D eigenvalue weighted by atomic mass is 32.1. The van der Waals surface area contributed by atoms with Gasteiger partial charge in [-0.25, -0.2) is 9.48 Å². The molecule has 6 aromatic rings. The average Bonchev–Trinajstić information content (AvgIpc) is 4.09. The highest BCUT2D eigenvalue weighted by Crippen LogP contribution is 2.42. The fourth-order valence-corrected chi connectivity index (χ4v) is 11.9. The molecule has 2 aromatic carbocycles. The van der Waals surface area contributed by atoms with Crippen LogP contribution in [0.1, 0.15) is 95.9 Å². The van der Waals surface area contributed by atoms with Gasteiger partial charge in [-0.05, 0) is 129 Å². The molecule has 0 spiro atoms. The van der Waals surface area contributed by atoms with Crippen LogP contribution in [0.15, 0.2) is 64.8 Å². The molecule has 0 bridgehead atoms. The zero-order chi connectivity index (χ0) is 44.7. The maximum Gasteiger partial charge on any atom is 0.349 e. The minimum Gasteiger partial charge on any atom is -0.506 e. The Hall–Kier alpha value is -4.26. The Morgan fingerprint density at radius 3 is 2.57 bits per heavy atom. The summed E-state index contributed by atoms with van der Waals surface area (Å²) in [4.78, 5) is 33.2. The molecule has 336 valence electrons. The van der Waals surface area contributed by atoms with Crippen LogP contribution in [0.5, 0.6) is 5.75 Å². The molecule has 2 atom stereocenters. The third-order valence-corrected chi connectivity index (χ3v) is 20.0. The van der Waals surface area contributed by atoms with Crippen molar-refractivity contribution in [3.63, 3.8) is 0 Å². The van der Waals surface area contributed by atoms with Crippen molar-refractivity contribution < 1.29 is 28.9 Å². The first kappa shape index (κ1) is 45.3. The number of nitrogens with zero attached hydrogens (tertiary/aromatic N) is 4. The number of H-pyrrole nitrogens is 1. The molecular weight excluding hydrogens is 853 g/mol. The number of carbonyl (C=O) groups excluding carboxylic acids is 1. The van der Waals surface area contributed by atoms with E-state index in [0.717, 1.165) is 83.2 Å². The van der Waals surface area contributed by atoms with Crippen molar-refractivity contribution in [1.82, 2.24) is 30.2 Å². The van der Waals surface area contributed by atoms with E-state index < -0.39 is 19.9 Å². The molecule has 4 aromatic heterocycles. The van der Waals surface area contributed by atoms with Crippen LogP contribution in [0.25, 0.3) is 21.9 Å².